The van der Waals surface area contributed by atoms with Gasteiger partial charge in [0, 0.05) is 24.9 Å². The fourth-order valence-corrected chi connectivity index (χ4v) is 2.66. The molecule has 0 aliphatic rings. The topological polar surface area (TPSA) is 106 Å². The number of benzene rings is 1. The first-order valence-corrected chi connectivity index (χ1v) is 10.1. The van der Waals surface area contributed by atoms with Gasteiger partial charge in [-0.25, -0.2) is 0 Å². The van der Waals surface area contributed by atoms with Gasteiger partial charge in [-0.15, -0.1) is 16.8 Å². The van der Waals surface area contributed by atoms with Crippen LogP contribution in [-0.2, 0) is 11.2 Å². The normalized spacial score (nSPS) is 10.7. The van der Waals surface area contributed by atoms with Crippen LogP contribution in [0.15, 0.2) is 35.6 Å². The van der Waals surface area contributed by atoms with Gasteiger partial charge in [-0.1, -0.05) is 19.9 Å². The zero-order valence-corrected chi connectivity index (χ0v) is 17.9. The fraction of sp³-hybridized carbons (Fsp3) is 0.455. The van der Waals surface area contributed by atoms with E-state index in [2.05, 4.69) is 40.9 Å². The Hall–Kier alpha value is -3.16. The Balaban J connectivity index is 2.03. The molecule has 0 saturated carbocycles. The van der Waals surface area contributed by atoms with Crippen molar-refractivity contribution in [2.24, 2.45) is 5.92 Å². The number of rotatable bonds is 12. The van der Waals surface area contributed by atoms with Crippen LogP contribution in [0.25, 0.3) is 11.4 Å². The van der Waals surface area contributed by atoms with Gasteiger partial charge in [0.1, 0.15) is 5.69 Å². The van der Waals surface area contributed by atoms with E-state index in [0.29, 0.717) is 42.0 Å². The first-order valence-electron chi connectivity index (χ1n) is 10.1. The van der Waals surface area contributed by atoms with E-state index < -0.39 is 0 Å². The molecule has 0 fully saturated rings. The van der Waals surface area contributed by atoms with Crippen LogP contribution >= 0.6 is 0 Å². The smallest absolute Gasteiger partial charge is 0.273 e. The van der Waals surface area contributed by atoms with Crippen molar-refractivity contribution in [3.63, 3.8) is 0 Å². The number of aromatic nitrogens is 3. The summed E-state index contributed by atoms with van der Waals surface area (Å²) >= 11 is 0. The Bertz CT molecular complexity index is 908. The van der Waals surface area contributed by atoms with Crippen LogP contribution in [-0.4, -0.2) is 41.3 Å². The van der Waals surface area contributed by atoms with Crippen LogP contribution in [0.3, 0.4) is 0 Å². The highest BCUT2D eigenvalue weighted by Gasteiger charge is 2.12. The molecule has 1 aromatic heterocycles. The number of H-pyrrole nitrogens is 1. The van der Waals surface area contributed by atoms with E-state index in [1.54, 1.807) is 31.4 Å². The molecule has 2 N–H and O–H groups in total. The summed E-state index contributed by atoms with van der Waals surface area (Å²) in [4.78, 5) is 27.0. The minimum Gasteiger partial charge on any atom is -0.493 e. The standard InChI is InChI=1S/C22H30N4O4/c1-5-6-13-30-18-9-7-16(14-19(18)29-4)21-24-22(28)17(25-26-21)8-10-20(27)23-12-11-15(2)3/h5,7,9,14-15H,1,6,8,10-13H2,2-4H3,(H,23,27)(H,24,26,28). The largest absolute Gasteiger partial charge is 0.493 e. The van der Waals surface area contributed by atoms with Crippen LogP contribution in [0.1, 0.15) is 38.8 Å². The van der Waals surface area contributed by atoms with Crippen molar-refractivity contribution >= 4 is 5.91 Å². The first-order chi connectivity index (χ1) is 14.4. The molecule has 8 nitrogen and oxygen atoms in total. The monoisotopic (exact) mass is 414 g/mol. The number of amides is 1. The zero-order valence-electron chi connectivity index (χ0n) is 17.9. The molecule has 2 aromatic rings. The maximum atomic E-state index is 12.4. The maximum absolute atomic E-state index is 12.4. The van der Waals surface area contributed by atoms with Crippen LogP contribution < -0.4 is 20.3 Å². The van der Waals surface area contributed by atoms with Gasteiger partial charge in [0.25, 0.3) is 5.56 Å². The Morgan fingerprint density at radius 2 is 2.10 bits per heavy atom. The quantitative estimate of drug-likeness (QED) is 0.409. The Morgan fingerprint density at radius 1 is 1.30 bits per heavy atom. The van der Waals surface area contributed by atoms with Gasteiger partial charge in [0.2, 0.25) is 5.91 Å². The number of carbonyl (C=O) groups excluding carboxylic acids is 1. The van der Waals surface area contributed by atoms with Crippen molar-refractivity contribution in [1.29, 1.82) is 0 Å². The van der Waals surface area contributed by atoms with Crippen LogP contribution in [0.2, 0.25) is 0 Å². The highest BCUT2D eigenvalue weighted by molar-refractivity contribution is 5.76. The SMILES string of the molecule is C=CCCOc1ccc(-c2nnc(CCC(=O)NCCC(C)C)c(=O)[nH]2)cc1OC. The fourth-order valence-electron chi connectivity index (χ4n) is 2.66. The molecule has 0 unspecified atom stereocenters. The second-order valence-electron chi connectivity index (χ2n) is 7.27. The van der Waals surface area contributed by atoms with E-state index in [1.807, 2.05) is 0 Å². The average Bonchev–Trinajstić information content (AvgIpc) is 2.73. The minimum absolute atomic E-state index is 0.0993. The van der Waals surface area contributed by atoms with Crippen molar-refractivity contribution in [2.45, 2.75) is 39.5 Å². The molecular weight excluding hydrogens is 384 g/mol. The lowest BCUT2D eigenvalue weighted by atomic mass is 10.1. The number of hydrogen-bond donors (Lipinski definition) is 2. The number of aryl methyl sites for hydroxylation is 1. The van der Waals surface area contributed by atoms with Gasteiger partial charge in [-0.05, 0) is 37.0 Å². The van der Waals surface area contributed by atoms with E-state index in [1.165, 1.54) is 0 Å². The van der Waals surface area contributed by atoms with E-state index in [4.69, 9.17) is 9.47 Å². The summed E-state index contributed by atoms with van der Waals surface area (Å²) in [5, 5.41) is 11.0. The predicted molar refractivity (Wildman–Crippen MR) is 116 cm³/mol. The predicted octanol–water partition coefficient (Wildman–Crippen LogP) is 2.89. The third kappa shape index (κ3) is 7.02. The Morgan fingerprint density at radius 3 is 2.77 bits per heavy atom. The number of carbonyl (C=O) groups is 1. The number of ether oxygens (including phenoxy) is 2. The van der Waals surface area contributed by atoms with Gasteiger partial charge < -0.3 is 19.8 Å². The molecule has 8 heteroatoms. The summed E-state index contributed by atoms with van der Waals surface area (Å²) in [6, 6.07) is 5.26. The number of nitrogens with zero attached hydrogens (tertiary/aromatic N) is 2. The van der Waals surface area contributed by atoms with Gasteiger partial charge in [-0.3, -0.25) is 9.59 Å². The third-order valence-corrected chi connectivity index (χ3v) is 4.41. The second kappa shape index (κ2) is 11.7. The summed E-state index contributed by atoms with van der Waals surface area (Å²) in [5.41, 5.74) is 0.514. The molecule has 2 rings (SSSR count). The molecule has 30 heavy (non-hydrogen) atoms. The van der Waals surface area contributed by atoms with Crippen molar-refractivity contribution in [3.8, 4) is 22.9 Å². The van der Waals surface area contributed by atoms with E-state index in [0.717, 1.165) is 12.8 Å². The molecule has 0 radical (unpaired) electrons. The Labute approximate surface area is 176 Å². The van der Waals surface area contributed by atoms with Gasteiger partial charge in [0.05, 0.1) is 13.7 Å². The summed E-state index contributed by atoms with van der Waals surface area (Å²) in [6.45, 7) is 8.99. The molecule has 0 aliphatic heterocycles. The lowest BCUT2D eigenvalue weighted by Gasteiger charge is -2.11. The van der Waals surface area contributed by atoms with Gasteiger partial charge in [-0.2, -0.15) is 0 Å². The highest BCUT2D eigenvalue weighted by atomic mass is 16.5. The van der Waals surface area contributed by atoms with Crippen molar-refractivity contribution in [1.82, 2.24) is 20.5 Å². The molecular formula is C22H30N4O4. The molecule has 0 atom stereocenters. The minimum atomic E-state index is -0.361. The molecule has 1 amide bonds. The summed E-state index contributed by atoms with van der Waals surface area (Å²) < 4.78 is 11.0. The molecule has 0 saturated heterocycles. The molecule has 1 aromatic carbocycles. The maximum Gasteiger partial charge on any atom is 0.273 e. The van der Waals surface area contributed by atoms with Crippen molar-refractivity contribution in [2.75, 3.05) is 20.3 Å². The van der Waals surface area contributed by atoms with Gasteiger partial charge >= 0.3 is 0 Å². The number of aromatic amines is 1. The van der Waals surface area contributed by atoms with E-state index in [-0.39, 0.29) is 30.0 Å². The highest BCUT2D eigenvalue weighted by Crippen LogP contribution is 2.31. The molecule has 0 bridgehead atoms. The molecule has 162 valence electrons. The molecule has 1 heterocycles. The Kier molecular flexibility index (Phi) is 9.05. The van der Waals surface area contributed by atoms with Crippen molar-refractivity contribution < 1.29 is 14.3 Å². The lowest BCUT2D eigenvalue weighted by Crippen LogP contribution is -2.27. The number of hydrogen-bond acceptors (Lipinski definition) is 6. The second-order valence-corrected chi connectivity index (χ2v) is 7.27. The van der Waals surface area contributed by atoms with Crippen molar-refractivity contribution in [3.05, 3.63) is 46.9 Å². The zero-order chi connectivity index (χ0) is 21.9. The first kappa shape index (κ1) is 23.1. The van der Waals surface area contributed by atoms with Gasteiger partial charge in [0.15, 0.2) is 17.3 Å². The summed E-state index contributed by atoms with van der Waals surface area (Å²) in [5.74, 6) is 1.87. The van der Waals surface area contributed by atoms with Crippen LogP contribution in [0, 0.1) is 5.92 Å². The summed E-state index contributed by atoms with van der Waals surface area (Å²) in [6.07, 6.45) is 3.84. The molecule has 0 aliphatic carbocycles. The summed E-state index contributed by atoms with van der Waals surface area (Å²) in [7, 11) is 1.54. The average molecular weight is 415 g/mol. The van der Waals surface area contributed by atoms with E-state index in [9.17, 15) is 9.59 Å². The van der Waals surface area contributed by atoms with Crippen LogP contribution in [0.4, 0.5) is 0 Å². The van der Waals surface area contributed by atoms with E-state index >= 15 is 0 Å². The number of methoxy groups -OCH3 is 1. The van der Waals surface area contributed by atoms with Crippen LogP contribution in [0.5, 0.6) is 11.5 Å². The third-order valence-electron chi connectivity index (χ3n) is 4.41. The molecule has 0 spiro atoms. The lowest BCUT2D eigenvalue weighted by molar-refractivity contribution is -0.121. The number of nitrogens with one attached hydrogen (secondary N) is 2.